The molecule has 1 fully saturated rings. The van der Waals surface area contributed by atoms with Crippen LogP contribution in [-0.4, -0.2) is 26.4 Å². The van der Waals surface area contributed by atoms with Crippen LogP contribution < -0.4 is 10.1 Å². The van der Waals surface area contributed by atoms with Gasteiger partial charge in [-0.3, -0.25) is 0 Å². The first kappa shape index (κ1) is 14.0. The number of halogens is 3. The molecule has 0 spiro atoms. The maximum absolute atomic E-state index is 13.0. The summed E-state index contributed by atoms with van der Waals surface area (Å²) in [5.74, 6) is -0.340. The van der Waals surface area contributed by atoms with E-state index in [4.69, 9.17) is 4.74 Å². The molecule has 1 aromatic rings. The lowest BCUT2D eigenvalue weighted by Crippen LogP contribution is -2.23. The van der Waals surface area contributed by atoms with E-state index in [0.717, 1.165) is 32.1 Å². The number of nitrogens with one attached hydrogen (secondary N) is 1. The largest absolute Gasteiger partial charge is 0.433 e. The van der Waals surface area contributed by atoms with E-state index in [9.17, 15) is 13.2 Å². The molecule has 1 aliphatic heterocycles. The Bertz CT molecular complexity index is 409. The first-order chi connectivity index (χ1) is 9.15. The summed E-state index contributed by atoms with van der Waals surface area (Å²) in [7, 11) is 0. The van der Waals surface area contributed by atoms with Gasteiger partial charge in [0.1, 0.15) is 5.82 Å². The molecule has 0 saturated carbocycles. The molecule has 0 aliphatic carbocycles. The smallest absolute Gasteiger partial charge is 0.387 e. The van der Waals surface area contributed by atoms with Gasteiger partial charge in [-0.05, 0) is 30.9 Å². The van der Waals surface area contributed by atoms with Crippen LogP contribution in [0.3, 0.4) is 0 Å². The number of hydrogen-bond donors (Lipinski definition) is 1. The van der Waals surface area contributed by atoms with Crippen LogP contribution in [0.5, 0.6) is 5.75 Å². The van der Waals surface area contributed by atoms with Crippen LogP contribution in [-0.2, 0) is 4.74 Å². The highest BCUT2D eigenvalue weighted by molar-refractivity contribution is 5.56. The molecule has 1 aromatic carbocycles. The van der Waals surface area contributed by atoms with Gasteiger partial charge in [-0.25, -0.2) is 4.39 Å². The zero-order valence-electron chi connectivity index (χ0n) is 10.4. The molecule has 1 aliphatic rings. The number of anilines is 1. The molecule has 0 unspecified atom stereocenters. The molecule has 0 amide bonds. The van der Waals surface area contributed by atoms with Crippen molar-refractivity contribution in [3.63, 3.8) is 0 Å². The van der Waals surface area contributed by atoms with Crippen molar-refractivity contribution < 1.29 is 22.6 Å². The zero-order chi connectivity index (χ0) is 13.7. The van der Waals surface area contributed by atoms with Gasteiger partial charge in [0.2, 0.25) is 0 Å². The maximum Gasteiger partial charge on any atom is 0.387 e. The number of benzene rings is 1. The Labute approximate surface area is 109 Å². The van der Waals surface area contributed by atoms with Crippen LogP contribution in [0.2, 0.25) is 0 Å². The molecule has 2 rings (SSSR count). The second kappa shape index (κ2) is 6.65. The lowest BCUT2D eigenvalue weighted by molar-refractivity contribution is -0.0495. The highest BCUT2D eigenvalue weighted by atomic mass is 19.3. The third kappa shape index (κ3) is 4.31. The van der Waals surface area contributed by atoms with Gasteiger partial charge in [0.05, 0.1) is 5.69 Å². The molecular weight excluding hydrogens is 259 g/mol. The van der Waals surface area contributed by atoms with Crippen LogP contribution >= 0.6 is 0 Å². The van der Waals surface area contributed by atoms with Gasteiger partial charge in [0.25, 0.3) is 0 Å². The van der Waals surface area contributed by atoms with Crippen LogP contribution in [0.25, 0.3) is 0 Å². The Morgan fingerprint density at radius 1 is 1.32 bits per heavy atom. The minimum Gasteiger partial charge on any atom is -0.433 e. The summed E-state index contributed by atoms with van der Waals surface area (Å²) in [6.07, 6.45) is 1.86. The van der Waals surface area contributed by atoms with E-state index in [1.165, 1.54) is 12.1 Å². The zero-order valence-corrected chi connectivity index (χ0v) is 10.4. The Morgan fingerprint density at radius 3 is 2.74 bits per heavy atom. The second-order valence-electron chi connectivity index (χ2n) is 4.46. The predicted molar refractivity (Wildman–Crippen MR) is 65.1 cm³/mol. The Hall–Kier alpha value is -1.43. The van der Waals surface area contributed by atoms with Gasteiger partial charge in [-0.1, -0.05) is 0 Å². The fourth-order valence-electron chi connectivity index (χ4n) is 2.04. The number of alkyl halides is 2. The summed E-state index contributed by atoms with van der Waals surface area (Å²) in [5.41, 5.74) is 0.383. The highest BCUT2D eigenvalue weighted by Crippen LogP contribution is 2.28. The molecule has 19 heavy (non-hydrogen) atoms. The minimum absolute atomic E-state index is 0.165. The normalized spacial score (nSPS) is 16.6. The maximum atomic E-state index is 13.0. The van der Waals surface area contributed by atoms with E-state index >= 15 is 0 Å². The van der Waals surface area contributed by atoms with Crippen molar-refractivity contribution in [1.82, 2.24) is 0 Å². The molecule has 0 aromatic heterocycles. The first-order valence-corrected chi connectivity index (χ1v) is 6.21. The predicted octanol–water partition coefficient (Wildman–Crippen LogP) is 3.27. The summed E-state index contributed by atoms with van der Waals surface area (Å²) in [6.45, 7) is -0.897. The Balaban J connectivity index is 1.97. The SMILES string of the molecule is Fc1ccc(NCC2CCOCC2)c(OC(F)F)c1. The fraction of sp³-hybridized carbons (Fsp3) is 0.538. The quantitative estimate of drug-likeness (QED) is 0.894. The molecule has 6 heteroatoms. The van der Waals surface area contributed by atoms with E-state index in [0.29, 0.717) is 18.2 Å². The summed E-state index contributed by atoms with van der Waals surface area (Å²) in [5, 5.41) is 3.04. The molecular formula is C13H16F3NO2. The topological polar surface area (TPSA) is 30.5 Å². The monoisotopic (exact) mass is 275 g/mol. The molecule has 0 atom stereocenters. The number of rotatable bonds is 5. The van der Waals surface area contributed by atoms with Gasteiger partial charge >= 0.3 is 6.61 Å². The van der Waals surface area contributed by atoms with E-state index in [2.05, 4.69) is 10.1 Å². The molecule has 1 N–H and O–H groups in total. The lowest BCUT2D eigenvalue weighted by Gasteiger charge is -2.23. The molecule has 0 bridgehead atoms. The molecule has 1 heterocycles. The third-order valence-corrected chi connectivity index (χ3v) is 3.08. The average Bonchev–Trinajstić information content (AvgIpc) is 2.38. The average molecular weight is 275 g/mol. The molecule has 1 saturated heterocycles. The molecule has 106 valence electrons. The van der Waals surface area contributed by atoms with Gasteiger partial charge in [-0.15, -0.1) is 0 Å². The minimum atomic E-state index is -2.97. The van der Waals surface area contributed by atoms with Crippen molar-refractivity contribution in [2.45, 2.75) is 19.5 Å². The summed E-state index contributed by atoms with van der Waals surface area (Å²) in [6, 6.07) is 3.58. The van der Waals surface area contributed by atoms with Crippen molar-refractivity contribution in [3.8, 4) is 5.75 Å². The van der Waals surface area contributed by atoms with Gasteiger partial charge in [0, 0.05) is 25.8 Å². The van der Waals surface area contributed by atoms with Gasteiger partial charge in [-0.2, -0.15) is 8.78 Å². The van der Waals surface area contributed by atoms with Crippen LogP contribution in [0.4, 0.5) is 18.9 Å². The van der Waals surface area contributed by atoms with Crippen molar-refractivity contribution >= 4 is 5.69 Å². The highest BCUT2D eigenvalue weighted by Gasteiger charge is 2.15. The van der Waals surface area contributed by atoms with Crippen LogP contribution in [0.1, 0.15) is 12.8 Å². The van der Waals surface area contributed by atoms with Crippen LogP contribution in [0.15, 0.2) is 18.2 Å². The van der Waals surface area contributed by atoms with E-state index in [1.807, 2.05) is 0 Å². The first-order valence-electron chi connectivity index (χ1n) is 6.21. The van der Waals surface area contributed by atoms with Crippen molar-refractivity contribution in [2.24, 2.45) is 5.92 Å². The van der Waals surface area contributed by atoms with E-state index in [-0.39, 0.29) is 5.75 Å². The number of ether oxygens (including phenoxy) is 2. The van der Waals surface area contributed by atoms with E-state index in [1.54, 1.807) is 0 Å². The lowest BCUT2D eigenvalue weighted by atomic mass is 10.0. The summed E-state index contributed by atoms with van der Waals surface area (Å²) in [4.78, 5) is 0. The van der Waals surface area contributed by atoms with Crippen LogP contribution in [0, 0.1) is 11.7 Å². The van der Waals surface area contributed by atoms with Crippen molar-refractivity contribution in [3.05, 3.63) is 24.0 Å². The standard InChI is InChI=1S/C13H16F3NO2/c14-10-1-2-11(12(7-10)19-13(15)16)17-8-9-3-5-18-6-4-9/h1-2,7,9,13,17H,3-6,8H2. The fourth-order valence-corrected chi connectivity index (χ4v) is 2.04. The second-order valence-corrected chi connectivity index (χ2v) is 4.46. The molecule has 0 radical (unpaired) electrons. The number of hydrogen-bond acceptors (Lipinski definition) is 3. The summed E-state index contributed by atoms with van der Waals surface area (Å²) >= 11 is 0. The Morgan fingerprint density at radius 2 is 2.05 bits per heavy atom. The van der Waals surface area contributed by atoms with Crippen molar-refractivity contribution in [2.75, 3.05) is 25.1 Å². The third-order valence-electron chi connectivity index (χ3n) is 3.08. The molecule has 3 nitrogen and oxygen atoms in total. The van der Waals surface area contributed by atoms with E-state index < -0.39 is 12.4 Å². The Kier molecular flexibility index (Phi) is 4.90. The van der Waals surface area contributed by atoms with Gasteiger partial charge in [0.15, 0.2) is 5.75 Å². The van der Waals surface area contributed by atoms with Crippen molar-refractivity contribution in [1.29, 1.82) is 0 Å². The van der Waals surface area contributed by atoms with Gasteiger partial charge < -0.3 is 14.8 Å². The summed E-state index contributed by atoms with van der Waals surface area (Å²) < 4.78 is 47.0.